The highest BCUT2D eigenvalue weighted by molar-refractivity contribution is 5.86. The van der Waals surface area contributed by atoms with Crippen LogP contribution >= 0.6 is 0 Å². The molecule has 0 aliphatic carbocycles. The van der Waals surface area contributed by atoms with Gasteiger partial charge in [0.25, 0.3) is 5.91 Å². The molecule has 3 heteroatoms. The Morgan fingerprint density at radius 1 is 0.920 bits per heavy atom. The molecular weight excluding hydrogens is 310 g/mol. The van der Waals surface area contributed by atoms with Gasteiger partial charge in [-0.05, 0) is 30.2 Å². The topological polar surface area (TPSA) is 30.5 Å². The van der Waals surface area contributed by atoms with E-state index in [1.807, 2.05) is 18.2 Å². The molecule has 3 nitrogen and oxygen atoms in total. The fraction of sp³-hybridized carbons (Fsp3) is 0.273. The van der Waals surface area contributed by atoms with Crippen molar-refractivity contribution >= 4 is 10.8 Å². The zero-order valence-corrected chi connectivity index (χ0v) is 14.7. The second kappa shape index (κ2) is 6.26. The van der Waals surface area contributed by atoms with Crippen molar-refractivity contribution in [3.8, 4) is 0 Å². The van der Waals surface area contributed by atoms with Crippen LogP contribution in [0.3, 0.4) is 0 Å². The van der Waals surface area contributed by atoms with E-state index in [9.17, 15) is 0 Å². The molecule has 1 aliphatic rings. The minimum Gasteiger partial charge on any atom is -0.329 e. The van der Waals surface area contributed by atoms with E-state index >= 15 is 0 Å². The second-order valence-electron chi connectivity index (χ2n) is 7.13. The normalized spacial score (nSPS) is 22.3. The van der Waals surface area contributed by atoms with Gasteiger partial charge in [0, 0.05) is 12.1 Å². The van der Waals surface area contributed by atoms with Crippen molar-refractivity contribution in [3.05, 3.63) is 83.9 Å². The van der Waals surface area contributed by atoms with Crippen LogP contribution in [-0.2, 0) is 22.0 Å². The lowest BCUT2D eigenvalue weighted by molar-refractivity contribution is -0.269. The zero-order chi connectivity index (χ0) is 17.3. The van der Waals surface area contributed by atoms with Crippen LogP contribution in [0.2, 0.25) is 0 Å². The molecule has 0 amide bonds. The van der Waals surface area contributed by atoms with Gasteiger partial charge >= 0.3 is 0 Å². The molecule has 3 aromatic carbocycles. The molecule has 1 heterocycles. The first-order valence-corrected chi connectivity index (χ1v) is 8.69. The molecule has 0 bridgehead atoms. The molecule has 1 unspecified atom stereocenters. The lowest BCUT2D eigenvalue weighted by atomic mass is 10.0. The lowest BCUT2D eigenvalue weighted by Crippen LogP contribution is -2.41. The summed E-state index contributed by atoms with van der Waals surface area (Å²) in [7, 11) is 0. The van der Waals surface area contributed by atoms with E-state index in [1.165, 1.54) is 5.39 Å². The fourth-order valence-corrected chi connectivity index (χ4v) is 3.37. The Morgan fingerprint density at radius 2 is 1.64 bits per heavy atom. The number of benzene rings is 3. The summed E-state index contributed by atoms with van der Waals surface area (Å²) in [4.78, 5) is 0. The van der Waals surface area contributed by atoms with Crippen LogP contribution in [0.15, 0.2) is 72.8 Å². The average molecular weight is 333 g/mol. The molecule has 1 fully saturated rings. The highest BCUT2D eigenvalue weighted by Crippen LogP contribution is 2.39. The number of fused-ring (bicyclic) bond motifs is 1. The van der Waals surface area contributed by atoms with E-state index in [0.29, 0.717) is 6.61 Å². The molecule has 4 rings (SSSR count). The number of rotatable bonds is 4. The first-order valence-electron chi connectivity index (χ1n) is 8.69. The SMILES string of the molecule is CC1(C)CNC(OCc2ccccc2)(c2cccc3ccccc23)O1. The number of nitrogens with one attached hydrogen (secondary N) is 1. The highest BCUT2D eigenvalue weighted by Gasteiger charge is 2.47. The van der Waals surface area contributed by atoms with Gasteiger partial charge in [0.05, 0.1) is 12.2 Å². The van der Waals surface area contributed by atoms with Gasteiger partial charge in [-0.25, -0.2) is 0 Å². The molecule has 0 radical (unpaired) electrons. The third kappa shape index (κ3) is 3.19. The largest absolute Gasteiger partial charge is 0.329 e. The Labute approximate surface area is 148 Å². The molecule has 1 aliphatic heterocycles. The Bertz CT molecular complexity index is 870. The lowest BCUT2D eigenvalue weighted by Gasteiger charge is -2.32. The van der Waals surface area contributed by atoms with E-state index in [1.54, 1.807) is 0 Å². The van der Waals surface area contributed by atoms with E-state index in [-0.39, 0.29) is 5.60 Å². The van der Waals surface area contributed by atoms with Gasteiger partial charge in [-0.15, -0.1) is 0 Å². The molecule has 1 N–H and O–H groups in total. The summed E-state index contributed by atoms with van der Waals surface area (Å²) in [5.41, 5.74) is 1.84. The van der Waals surface area contributed by atoms with Crippen molar-refractivity contribution < 1.29 is 9.47 Å². The maximum Gasteiger partial charge on any atom is 0.257 e. The van der Waals surface area contributed by atoms with Crippen molar-refractivity contribution in [2.75, 3.05) is 6.54 Å². The highest BCUT2D eigenvalue weighted by atomic mass is 16.7. The van der Waals surface area contributed by atoms with Crippen LogP contribution in [0.5, 0.6) is 0 Å². The van der Waals surface area contributed by atoms with Gasteiger partial charge in [0.1, 0.15) is 0 Å². The molecule has 1 saturated heterocycles. The maximum atomic E-state index is 6.42. The molecule has 3 aromatic rings. The summed E-state index contributed by atoms with van der Waals surface area (Å²) in [5, 5.41) is 5.82. The average Bonchev–Trinajstić information content (AvgIpc) is 2.96. The van der Waals surface area contributed by atoms with E-state index in [0.717, 1.165) is 23.1 Å². The third-order valence-corrected chi connectivity index (χ3v) is 4.60. The predicted molar refractivity (Wildman–Crippen MR) is 100 cm³/mol. The molecular formula is C22H23NO2. The third-order valence-electron chi connectivity index (χ3n) is 4.60. The second-order valence-corrected chi connectivity index (χ2v) is 7.13. The number of ether oxygens (including phenoxy) is 2. The molecule has 25 heavy (non-hydrogen) atoms. The van der Waals surface area contributed by atoms with Crippen LogP contribution in [0.25, 0.3) is 10.8 Å². The Hall–Kier alpha value is -2.20. The molecule has 0 spiro atoms. The van der Waals surface area contributed by atoms with Gasteiger partial charge in [-0.2, -0.15) is 0 Å². The summed E-state index contributed by atoms with van der Waals surface area (Å²) < 4.78 is 12.8. The van der Waals surface area contributed by atoms with Gasteiger partial charge in [-0.1, -0.05) is 72.8 Å². The van der Waals surface area contributed by atoms with Crippen molar-refractivity contribution in [1.82, 2.24) is 5.32 Å². The van der Waals surface area contributed by atoms with Gasteiger partial charge in [0.15, 0.2) is 0 Å². The monoisotopic (exact) mass is 333 g/mol. The van der Waals surface area contributed by atoms with Crippen LogP contribution in [0.1, 0.15) is 25.0 Å². The van der Waals surface area contributed by atoms with E-state index < -0.39 is 5.91 Å². The minimum atomic E-state index is -0.944. The Balaban J connectivity index is 1.75. The molecule has 0 aromatic heterocycles. The number of hydrogen-bond acceptors (Lipinski definition) is 3. The fourth-order valence-electron chi connectivity index (χ4n) is 3.37. The van der Waals surface area contributed by atoms with Crippen molar-refractivity contribution in [2.24, 2.45) is 0 Å². The Kier molecular flexibility index (Phi) is 4.08. The van der Waals surface area contributed by atoms with Gasteiger partial charge in [-0.3, -0.25) is 5.32 Å². The summed E-state index contributed by atoms with van der Waals surface area (Å²) in [5.74, 6) is -0.944. The van der Waals surface area contributed by atoms with Crippen LogP contribution in [0.4, 0.5) is 0 Å². The van der Waals surface area contributed by atoms with Gasteiger partial charge < -0.3 is 9.47 Å². The summed E-state index contributed by atoms with van der Waals surface area (Å²) in [6.45, 7) is 5.37. The maximum absolute atomic E-state index is 6.42. The summed E-state index contributed by atoms with van der Waals surface area (Å²) >= 11 is 0. The van der Waals surface area contributed by atoms with Crippen LogP contribution < -0.4 is 5.32 Å². The summed E-state index contributed by atoms with van der Waals surface area (Å²) in [6.07, 6.45) is 0. The number of hydrogen-bond donors (Lipinski definition) is 1. The first kappa shape index (κ1) is 16.3. The van der Waals surface area contributed by atoms with Crippen molar-refractivity contribution in [3.63, 3.8) is 0 Å². The predicted octanol–water partition coefficient (Wildman–Crippen LogP) is 4.57. The first-order chi connectivity index (χ1) is 12.1. The molecule has 128 valence electrons. The quantitative estimate of drug-likeness (QED) is 0.759. The minimum absolute atomic E-state index is 0.298. The van der Waals surface area contributed by atoms with Crippen LogP contribution in [-0.4, -0.2) is 12.1 Å². The smallest absolute Gasteiger partial charge is 0.257 e. The Morgan fingerprint density at radius 3 is 2.40 bits per heavy atom. The van der Waals surface area contributed by atoms with E-state index in [4.69, 9.17) is 9.47 Å². The van der Waals surface area contributed by atoms with Crippen LogP contribution in [0, 0.1) is 0 Å². The molecule has 0 saturated carbocycles. The zero-order valence-electron chi connectivity index (χ0n) is 14.7. The summed E-state index contributed by atoms with van der Waals surface area (Å²) in [6, 6.07) is 24.8. The van der Waals surface area contributed by atoms with E-state index in [2.05, 4.69) is 73.8 Å². The van der Waals surface area contributed by atoms with Crippen molar-refractivity contribution in [2.45, 2.75) is 32.0 Å². The standard InChI is InChI=1S/C22H23NO2/c1-21(2)16-23-22(25-21,24-15-17-9-4-3-5-10-17)20-14-8-12-18-11-6-7-13-19(18)20/h3-14,23H,15-16H2,1-2H3. The molecule has 1 atom stereocenters. The van der Waals surface area contributed by atoms with Crippen molar-refractivity contribution in [1.29, 1.82) is 0 Å². The van der Waals surface area contributed by atoms with Gasteiger partial charge in [0.2, 0.25) is 0 Å².